The van der Waals surface area contributed by atoms with Crippen molar-refractivity contribution in [3.8, 4) is 0 Å². The van der Waals surface area contributed by atoms with Gasteiger partial charge in [0.25, 0.3) is 0 Å². The molecule has 2 atom stereocenters. The molecule has 0 aromatic heterocycles. The summed E-state index contributed by atoms with van der Waals surface area (Å²) < 4.78 is 0. The molecule has 2 heterocycles. The highest BCUT2D eigenvalue weighted by Gasteiger charge is 2.35. The van der Waals surface area contributed by atoms with Gasteiger partial charge < -0.3 is 14.9 Å². The van der Waals surface area contributed by atoms with Crippen LogP contribution in [0.4, 0.5) is 0 Å². The van der Waals surface area contributed by atoms with Crippen molar-refractivity contribution in [2.24, 2.45) is 11.8 Å². The normalized spacial score (nSPS) is 25.1. The zero-order valence-corrected chi connectivity index (χ0v) is 15.6. The Morgan fingerprint density at radius 1 is 1.08 bits per heavy atom. The molecular weight excluding hydrogens is 336 g/mol. The number of likely N-dealkylation sites (tertiary alicyclic amines) is 2. The van der Waals surface area contributed by atoms with Gasteiger partial charge in [-0.2, -0.15) is 0 Å². The first-order chi connectivity index (χ1) is 12.2. The zero-order chi connectivity index (χ0) is 17.6. The number of amides is 1. The molecule has 25 heavy (non-hydrogen) atoms. The second kappa shape index (κ2) is 9.02. The van der Waals surface area contributed by atoms with E-state index in [4.69, 9.17) is 11.6 Å². The third-order valence-corrected chi connectivity index (χ3v) is 6.02. The van der Waals surface area contributed by atoms with Gasteiger partial charge >= 0.3 is 0 Å². The van der Waals surface area contributed by atoms with Crippen LogP contribution >= 0.6 is 11.6 Å². The molecule has 1 aromatic carbocycles. The number of carbonyl (C=O) groups is 1. The van der Waals surface area contributed by atoms with Gasteiger partial charge in [0, 0.05) is 37.2 Å². The first-order valence-corrected chi connectivity index (χ1v) is 9.89. The monoisotopic (exact) mass is 364 g/mol. The van der Waals surface area contributed by atoms with Crippen LogP contribution in [0.2, 0.25) is 5.02 Å². The van der Waals surface area contributed by atoms with Crippen molar-refractivity contribution in [1.29, 1.82) is 0 Å². The van der Waals surface area contributed by atoms with Crippen molar-refractivity contribution >= 4 is 17.5 Å². The number of aliphatic hydroxyl groups excluding tert-OH is 1. The number of nitrogens with zero attached hydrogens (tertiary/aromatic N) is 2. The molecule has 2 fully saturated rings. The Morgan fingerprint density at radius 2 is 1.76 bits per heavy atom. The maximum absolute atomic E-state index is 12.7. The molecule has 1 aromatic rings. The summed E-state index contributed by atoms with van der Waals surface area (Å²) in [4.78, 5) is 17.1. The Morgan fingerprint density at radius 3 is 2.44 bits per heavy atom. The van der Waals surface area contributed by atoms with Crippen LogP contribution in [0.1, 0.15) is 31.2 Å². The van der Waals surface area contributed by atoms with E-state index in [9.17, 15) is 9.90 Å². The van der Waals surface area contributed by atoms with Crippen molar-refractivity contribution < 1.29 is 9.90 Å². The summed E-state index contributed by atoms with van der Waals surface area (Å²) in [6.45, 7) is 4.89. The topological polar surface area (TPSA) is 43.8 Å². The minimum absolute atomic E-state index is 0.116. The summed E-state index contributed by atoms with van der Waals surface area (Å²) in [7, 11) is 0. The van der Waals surface area contributed by atoms with Crippen LogP contribution in [0.3, 0.4) is 0 Å². The van der Waals surface area contributed by atoms with E-state index in [-0.39, 0.29) is 18.4 Å². The number of rotatable bonds is 5. The summed E-state index contributed by atoms with van der Waals surface area (Å²) >= 11 is 6.19. The molecule has 3 rings (SSSR count). The average Bonchev–Trinajstić information content (AvgIpc) is 2.84. The highest BCUT2D eigenvalue weighted by Crippen LogP contribution is 2.26. The second-order valence-corrected chi connectivity index (χ2v) is 7.89. The van der Waals surface area contributed by atoms with Gasteiger partial charge in [0.05, 0.1) is 6.42 Å². The molecule has 0 unspecified atom stereocenters. The van der Waals surface area contributed by atoms with Crippen molar-refractivity contribution in [3.63, 3.8) is 0 Å². The lowest BCUT2D eigenvalue weighted by atomic mass is 9.96. The van der Waals surface area contributed by atoms with Gasteiger partial charge in [-0.3, -0.25) is 4.79 Å². The number of halogens is 1. The molecule has 138 valence electrons. The summed E-state index contributed by atoms with van der Waals surface area (Å²) in [5, 5.41) is 10.4. The average molecular weight is 365 g/mol. The molecule has 2 aliphatic heterocycles. The van der Waals surface area contributed by atoms with Crippen molar-refractivity contribution in [1.82, 2.24) is 9.80 Å². The minimum atomic E-state index is 0.116. The highest BCUT2D eigenvalue weighted by atomic mass is 35.5. The van der Waals surface area contributed by atoms with Gasteiger partial charge in [0.2, 0.25) is 5.91 Å². The molecule has 1 N–H and O–H groups in total. The van der Waals surface area contributed by atoms with E-state index >= 15 is 0 Å². The van der Waals surface area contributed by atoms with E-state index < -0.39 is 0 Å². The predicted octanol–water partition coefficient (Wildman–Crippen LogP) is 2.83. The number of aliphatic hydroxyl groups is 1. The fourth-order valence-electron chi connectivity index (χ4n) is 4.12. The smallest absolute Gasteiger partial charge is 0.227 e. The maximum atomic E-state index is 12.7. The Hall–Kier alpha value is -1.10. The third-order valence-electron chi connectivity index (χ3n) is 5.65. The molecule has 0 saturated carbocycles. The van der Waals surface area contributed by atoms with Crippen molar-refractivity contribution in [2.45, 2.75) is 32.1 Å². The van der Waals surface area contributed by atoms with E-state index in [1.807, 2.05) is 29.2 Å². The van der Waals surface area contributed by atoms with Crippen LogP contribution in [0, 0.1) is 11.8 Å². The SMILES string of the molecule is O=C(Cc1ccccc1Cl)N1C[C@@H](CO)[C@@H](CN2CCCCCC2)C1. The predicted molar refractivity (Wildman–Crippen MR) is 101 cm³/mol. The quantitative estimate of drug-likeness (QED) is 0.873. The Labute approximate surface area is 155 Å². The van der Waals surface area contributed by atoms with Gasteiger partial charge in [-0.15, -0.1) is 0 Å². The Bertz CT molecular complexity index is 573. The van der Waals surface area contributed by atoms with Crippen molar-refractivity contribution in [3.05, 3.63) is 34.9 Å². The zero-order valence-electron chi connectivity index (χ0n) is 14.9. The molecule has 0 aliphatic carbocycles. The largest absolute Gasteiger partial charge is 0.396 e. The number of carbonyl (C=O) groups excluding carboxylic acids is 1. The van der Waals surface area contributed by atoms with Gasteiger partial charge in [-0.05, 0) is 43.5 Å². The maximum Gasteiger partial charge on any atom is 0.227 e. The summed E-state index contributed by atoms with van der Waals surface area (Å²) in [6, 6.07) is 7.53. The molecule has 2 saturated heterocycles. The van der Waals surface area contributed by atoms with E-state index in [1.165, 1.54) is 25.7 Å². The van der Waals surface area contributed by atoms with E-state index in [1.54, 1.807) is 0 Å². The van der Waals surface area contributed by atoms with E-state index in [2.05, 4.69) is 4.90 Å². The fourth-order valence-corrected chi connectivity index (χ4v) is 4.33. The number of hydrogen-bond donors (Lipinski definition) is 1. The van der Waals surface area contributed by atoms with Gasteiger partial charge in [0.15, 0.2) is 0 Å². The van der Waals surface area contributed by atoms with Crippen LogP contribution in [0.25, 0.3) is 0 Å². The standard InChI is InChI=1S/C20H29ClN2O2/c21-19-8-4-3-7-16(19)11-20(25)23-13-17(18(14-23)15-24)12-22-9-5-1-2-6-10-22/h3-4,7-8,17-18,24H,1-2,5-6,9-15H2/t17-,18-/m0/s1. The van der Waals surface area contributed by atoms with Gasteiger partial charge in [0.1, 0.15) is 0 Å². The van der Waals surface area contributed by atoms with E-state index in [0.717, 1.165) is 31.7 Å². The first-order valence-electron chi connectivity index (χ1n) is 9.51. The molecule has 0 bridgehead atoms. The molecule has 4 nitrogen and oxygen atoms in total. The van der Waals surface area contributed by atoms with Crippen LogP contribution in [-0.4, -0.2) is 60.1 Å². The molecule has 0 spiro atoms. The lowest BCUT2D eigenvalue weighted by molar-refractivity contribution is -0.129. The number of hydrogen-bond acceptors (Lipinski definition) is 3. The molecule has 0 radical (unpaired) electrons. The molecular formula is C20H29ClN2O2. The summed E-state index contributed by atoms with van der Waals surface area (Å²) in [5.74, 6) is 0.682. The minimum Gasteiger partial charge on any atom is -0.396 e. The Balaban J connectivity index is 1.58. The lowest BCUT2D eigenvalue weighted by Crippen LogP contribution is -2.35. The van der Waals surface area contributed by atoms with Gasteiger partial charge in [-0.1, -0.05) is 42.6 Å². The van der Waals surface area contributed by atoms with Crippen LogP contribution < -0.4 is 0 Å². The third kappa shape index (κ3) is 4.96. The second-order valence-electron chi connectivity index (χ2n) is 7.48. The lowest BCUT2D eigenvalue weighted by Gasteiger charge is -2.26. The van der Waals surface area contributed by atoms with Crippen LogP contribution in [0.15, 0.2) is 24.3 Å². The number of benzene rings is 1. The summed E-state index contributed by atoms with van der Waals surface area (Å²) in [6.07, 6.45) is 5.53. The van der Waals surface area contributed by atoms with Crippen LogP contribution in [0.5, 0.6) is 0 Å². The van der Waals surface area contributed by atoms with Gasteiger partial charge in [-0.25, -0.2) is 0 Å². The van der Waals surface area contributed by atoms with E-state index in [0.29, 0.717) is 23.9 Å². The highest BCUT2D eigenvalue weighted by molar-refractivity contribution is 6.31. The molecule has 2 aliphatic rings. The fraction of sp³-hybridized carbons (Fsp3) is 0.650. The molecule has 5 heteroatoms. The first kappa shape index (κ1) is 18.7. The van der Waals surface area contributed by atoms with Crippen molar-refractivity contribution in [2.75, 3.05) is 39.3 Å². The molecule has 1 amide bonds. The Kier molecular flexibility index (Phi) is 6.74. The van der Waals surface area contributed by atoms with Crippen LogP contribution in [-0.2, 0) is 11.2 Å². The summed E-state index contributed by atoms with van der Waals surface area (Å²) in [5.41, 5.74) is 0.880.